The van der Waals surface area contributed by atoms with Gasteiger partial charge in [-0.25, -0.2) is 4.39 Å². The van der Waals surface area contributed by atoms with E-state index in [1.807, 2.05) is 6.07 Å². The Hall–Kier alpha value is -0.890. The fourth-order valence-corrected chi connectivity index (χ4v) is 2.44. The third kappa shape index (κ3) is 1.78. The molecule has 1 atom stereocenters. The molecule has 82 valence electrons. The summed E-state index contributed by atoms with van der Waals surface area (Å²) in [6, 6.07) is 5.03. The van der Waals surface area contributed by atoms with Crippen LogP contribution in [0.15, 0.2) is 18.2 Å². The Morgan fingerprint density at radius 1 is 1.47 bits per heavy atom. The number of unbranched alkanes of at least 4 members (excludes halogenated alkanes) is 1. The number of hydrogen-bond donors (Lipinski definition) is 1. The Bertz CT molecular complexity index is 362. The molecule has 0 saturated carbocycles. The molecule has 1 N–H and O–H groups in total. The maximum Gasteiger partial charge on any atom is 0.126 e. The molecule has 0 amide bonds. The summed E-state index contributed by atoms with van der Waals surface area (Å²) in [6.07, 6.45) is 4.14. The second-order valence-corrected chi connectivity index (χ2v) is 4.40. The molecule has 0 radical (unpaired) electrons. The lowest BCUT2D eigenvalue weighted by molar-refractivity contribution is 0.0272. The number of hydrogen-bond acceptors (Lipinski definition) is 1. The minimum absolute atomic E-state index is 0.167. The van der Waals surface area contributed by atoms with E-state index in [-0.39, 0.29) is 5.82 Å². The van der Waals surface area contributed by atoms with Gasteiger partial charge in [-0.1, -0.05) is 31.9 Å². The normalized spacial score (nSPS) is 24.2. The maximum atomic E-state index is 13.4. The number of aliphatic hydroxyl groups is 1. The molecule has 15 heavy (non-hydrogen) atoms. The molecule has 1 unspecified atom stereocenters. The minimum Gasteiger partial charge on any atom is -0.385 e. The first-order valence-electron chi connectivity index (χ1n) is 5.67. The van der Waals surface area contributed by atoms with Crippen molar-refractivity contribution in [2.45, 2.75) is 44.6 Å². The molecule has 1 aromatic carbocycles. The summed E-state index contributed by atoms with van der Waals surface area (Å²) in [5.41, 5.74) is 0.764. The van der Waals surface area contributed by atoms with Crippen LogP contribution in [-0.4, -0.2) is 5.11 Å². The van der Waals surface area contributed by atoms with Gasteiger partial charge in [-0.3, -0.25) is 0 Å². The molecule has 0 aliphatic heterocycles. The van der Waals surface area contributed by atoms with E-state index in [2.05, 4.69) is 6.92 Å². The van der Waals surface area contributed by atoms with Gasteiger partial charge in [-0.2, -0.15) is 0 Å². The highest BCUT2D eigenvalue weighted by Crippen LogP contribution is 2.41. The van der Waals surface area contributed by atoms with Crippen LogP contribution in [0, 0.1) is 5.82 Å². The Morgan fingerprint density at radius 2 is 2.27 bits per heavy atom. The van der Waals surface area contributed by atoms with E-state index in [4.69, 9.17) is 0 Å². The fraction of sp³-hybridized carbons (Fsp3) is 0.538. The number of benzene rings is 1. The average Bonchev–Trinajstić information content (AvgIpc) is 2.56. The van der Waals surface area contributed by atoms with Crippen LogP contribution >= 0.6 is 0 Å². The van der Waals surface area contributed by atoms with Gasteiger partial charge < -0.3 is 5.11 Å². The molecule has 1 aliphatic rings. The maximum absolute atomic E-state index is 13.4. The Labute approximate surface area is 89.9 Å². The van der Waals surface area contributed by atoms with E-state index in [0.717, 1.165) is 30.4 Å². The molecular weight excluding hydrogens is 191 g/mol. The third-order valence-electron chi connectivity index (χ3n) is 3.35. The van der Waals surface area contributed by atoms with Crippen LogP contribution in [0.2, 0.25) is 0 Å². The van der Waals surface area contributed by atoms with Gasteiger partial charge >= 0.3 is 0 Å². The summed E-state index contributed by atoms with van der Waals surface area (Å²) in [4.78, 5) is 0. The van der Waals surface area contributed by atoms with Crippen molar-refractivity contribution in [2.75, 3.05) is 0 Å². The smallest absolute Gasteiger partial charge is 0.126 e. The fourth-order valence-electron chi connectivity index (χ4n) is 2.44. The molecule has 0 aromatic heterocycles. The predicted molar refractivity (Wildman–Crippen MR) is 58.1 cm³/mol. The highest BCUT2D eigenvalue weighted by molar-refractivity contribution is 5.38. The summed E-state index contributed by atoms with van der Waals surface area (Å²) in [6.45, 7) is 2.10. The van der Waals surface area contributed by atoms with Crippen LogP contribution in [0.5, 0.6) is 0 Å². The molecule has 1 aromatic rings. The van der Waals surface area contributed by atoms with Gasteiger partial charge in [0.25, 0.3) is 0 Å². The van der Waals surface area contributed by atoms with Crippen molar-refractivity contribution in [1.29, 1.82) is 0 Å². The average molecular weight is 208 g/mol. The van der Waals surface area contributed by atoms with Crippen molar-refractivity contribution in [3.8, 4) is 0 Å². The Kier molecular flexibility index (Phi) is 2.79. The van der Waals surface area contributed by atoms with Gasteiger partial charge in [0.05, 0.1) is 5.60 Å². The quantitative estimate of drug-likeness (QED) is 0.809. The first-order chi connectivity index (χ1) is 7.17. The first kappa shape index (κ1) is 10.6. The monoisotopic (exact) mass is 208 g/mol. The largest absolute Gasteiger partial charge is 0.385 e. The molecule has 0 saturated heterocycles. The molecular formula is C13H17FO. The van der Waals surface area contributed by atoms with Crippen LogP contribution in [0.3, 0.4) is 0 Å². The van der Waals surface area contributed by atoms with Crippen LogP contribution < -0.4 is 0 Å². The van der Waals surface area contributed by atoms with E-state index in [1.54, 1.807) is 6.07 Å². The number of halogens is 1. The molecule has 0 heterocycles. The number of rotatable bonds is 3. The lowest BCUT2D eigenvalue weighted by Gasteiger charge is -2.23. The van der Waals surface area contributed by atoms with E-state index >= 15 is 0 Å². The van der Waals surface area contributed by atoms with Crippen LogP contribution in [0.4, 0.5) is 4.39 Å². The molecule has 1 nitrogen and oxygen atoms in total. The molecule has 2 rings (SSSR count). The molecule has 1 aliphatic carbocycles. The standard InChI is InChI=1S/C13H17FO/c1-2-3-8-13(15)9-7-10-11(13)5-4-6-12(10)14/h4-6,15H,2-3,7-9H2,1H3. The third-order valence-corrected chi connectivity index (χ3v) is 3.35. The van der Waals surface area contributed by atoms with Crippen molar-refractivity contribution in [1.82, 2.24) is 0 Å². The molecule has 0 bridgehead atoms. The van der Waals surface area contributed by atoms with E-state index in [9.17, 15) is 9.50 Å². The van der Waals surface area contributed by atoms with Crippen molar-refractivity contribution in [2.24, 2.45) is 0 Å². The first-order valence-corrected chi connectivity index (χ1v) is 5.67. The van der Waals surface area contributed by atoms with E-state index in [1.165, 1.54) is 6.07 Å². The van der Waals surface area contributed by atoms with Gasteiger partial charge in [0.1, 0.15) is 5.82 Å². The minimum atomic E-state index is -0.770. The van der Waals surface area contributed by atoms with E-state index in [0.29, 0.717) is 12.8 Å². The lowest BCUT2D eigenvalue weighted by atomic mass is 9.90. The highest BCUT2D eigenvalue weighted by atomic mass is 19.1. The van der Waals surface area contributed by atoms with Crippen LogP contribution in [-0.2, 0) is 12.0 Å². The zero-order valence-corrected chi connectivity index (χ0v) is 9.09. The van der Waals surface area contributed by atoms with Gasteiger partial charge in [-0.05, 0) is 36.5 Å². The van der Waals surface area contributed by atoms with Crippen LogP contribution in [0.1, 0.15) is 43.7 Å². The molecule has 0 fully saturated rings. The molecule has 0 spiro atoms. The summed E-state index contributed by atoms with van der Waals surface area (Å²) in [5, 5.41) is 10.4. The van der Waals surface area contributed by atoms with Crippen molar-refractivity contribution in [3.63, 3.8) is 0 Å². The second-order valence-electron chi connectivity index (χ2n) is 4.40. The summed E-state index contributed by atoms with van der Waals surface area (Å²) < 4.78 is 13.4. The van der Waals surface area contributed by atoms with Gasteiger partial charge in [0.2, 0.25) is 0 Å². The zero-order chi connectivity index (χ0) is 10.9. The van der Waals surface area contributed by atoms with Crippen molar-refractivity contribution < 1.29 is 9.50 Å². The lowest BCUT2D eigenvalue weighted by Crippen LogP contribution is -2.21. The summed E-state index contributed by atoms with van der Waals surface area (Å²) in [5.74, 6) is -0.167. The zero-order valence-electron chi connectivity index (χ0n) is 9.09. The van der Waals surface area contributed by atoms with Gasteiger partial charge in [-0.15, -0.1) is 0 Å². The molecule has 2 heteroatoms. The van der Waals surface area contributed by atoms with Gasteiger partial charge in [0.15, 0.2) is 0 Å². The predicted octanol–water partition coefficient (Wildman–Crippen LogP) is 3.15. The SMILES string of the molecule is CCCCC1(O)CCc2c(F)cccc21. The van der Waals surface area contributed by atoms with Crippen molar-refractivity contribution >= 4 is 0 Å². The summed E-state index contributed by atoms with van der Waals surface area (Å²) >= 11 is 0. The Morgan fingerprint density at radius 3 is 3.00 bits per heavy atom. The highest BCUT2D eigenvalue weighted by Gasteiger charge is 2.37. The second kappa shape index (κ2) is 3.93. The van der Waals surface area contributed by atoms with Crippen molar-refractivity contribution in [3.05, 3.63) is 35.1 Å². The van der Waals surface area contributed by atoms with Crippen LogP contribution in [0.25, 0.3) is 0 Å². The van der Waals surface area contributed by atoms with E-state index < -0.39 is 5.60 Å². The van der Waals surface area contributed by atoms with Gasteiger partial charge in [0, 0.05) is 0 Å². The topological polar surface area (TPSA) is 20.2 Å². The number of fused-ring (bicyclic) bond motifs is 1. The Balaban J connectivity index is 2.31. The summed E-state index contributed by atoms with van der Waals surface area (Å²) in [7, 11) is 0.